The number of nitrogens with zero attached hydrogens (tertiary/aromatic N) is 9. The Bertz CT molecular complexity index is 1700. The van der Waals surface area contributed by atoms with Crippen LogP contribution in [0.3, 0.4) is 0 Å². The first-order valence-corrected chi connectivity index (χ1v) is 13.7. The summed E-state index contributed by atoms with van der Waals surface area (Å²) in [5.41, 5.74) is 8.35. The Morgan fingerprint density at radius 2 is 1.85 bits per heavy atom. The molecule has 2 aliphatic rings. The van der Waals surface area contributed by atoms with Crippen LogP contribution in [-0.2, 0) is 6.54 Å². The number of nitrogen functional groups attached to an aromatic ring is 1. The van der Waals surface area contributed by atoms with Gasteiger partial charge in [-0.1, -0.05) is 0 Å². The fraction of sp³-hybridized carbons (Fsp3) is 0.370. The first-order valence-electron chi connectivity index (χ1n) is 13.7. The Morgan fingerprint density at radius 1 is 1.02 bits per heavy atom. The Morgan fingerprint density at radius 3 is 2.61 bits per heavy atom. The van der Waals surface area contributed by atoms with Gasteiger partial charge in [0.2, 0.25) is 11.8 Å². The summed E-state index contributed by atoms with van der Waals surface area (Å²) in [6.45, 7) is 7.08. The highest BCUT2D eigenvalue weighted by Gasteiger charge is 2.23. The number of benzene rings is 1. The minimum absolute atomic E-state index is 0.119. The number of aromatic nitrogens is 6. The molecule has 0 bridgehead atoms. The molecule has 2 aliphatic heterocycles. The largest absolute Gasteiger partial charge is 0.461 e. The normalized spacial score (nSPS) is 16.7. The van der Waals surface area contributed by atoms with Gasteiger partial charge in [-0.05, 0) is 30.3 Å². The van der Waals surface area contributed by atoms with E-state index in [4.69, 9.17) is 10.2 Å². The fourth-order valence-corrected chi connectivity index (χ4v) is 5.53. The molecule has 0 atom stereocenters. The van der Waals surface area contributed by atoms with Crippen LogP contribution in [-0.4, -0.2) is 104 Å². The van der Waals surface area contributed by atoms with E-state index in [1.165, 1.54) is 10.6 Å². The molecular weight excluding hydrogens is 529 g/mol. The van der Waals surface area contributed by atoms with Gasteiger partial charge in [-0.15, -0.1) is 5.10 Å². The van der Waals surface area contributed by atoms with E-state index in [-0.39, 0.29) is 17.7 Å². The lowest BCUT2D eigenvalue weighted by Gasteiger charge is -2.36. The quantitative estimate of drug-likeness (QED) is 0.313. The average Bonchev–Trinajstić information content (AvgIpc) is 3.77. The van der Waals surface area contributed by atoms with Gasteiger partial charge in [0.1, 0.15) is 5.82 Å². The van der Waals surface area contributed by atoms with Gasteiger partial charge < -0.3 is 25.3 Å². The summed E-state index contributed by atoms with van der Waals surface area (Å²) in [7, 11) is 0. The molecule has 3 N–H and O–H groups in total. The first kappa shape index (κ1) is 25.4. The number of anilines is 2. The Balaban J connectivity index is 0.993. The van der Waals surface area contributed by atoms with Crippen molar-refractivity contribution in [3.05, 3.63) is 54.2 Å². The van der Waals surface area contributed by atoms with Crippen molar-refractivity contribution in [2.24, 2.45) is 0 Å². The molecule has 14 heteroatoms. The predicted molar refractivity (Wildman–Crippen MR) is 150 cm³/mol. The molecule has 6 heterocycles. The van der Waals surface area contributed by atoms with Gasteiger partial charge in [0.05, 0.1) is 30.1 Å². The van der Waals surface area contributed by atoms with Crippen molar-refractivity contribution in [1.82, 2.24) is 44.5 Å². The van der Waals surface area contributed by atoms with E-state index in [1.807, 2.05) is 9.58 Å². The van der Waals surface area contributed by atoms with Crippen LogP contribution < -0.4 is 16.0 Å². The Labute approximate surface area is 234 Å². The fourth-order valence-electron chi connectivity index (χ4n) is 5.53. The van der Waals surface area contributed by atoms with Gasteiger partial charge in [0.15, 0.2) is 17.1 Å². The van der Waals surface area contributed by atoms with Crippen LogP contribution in [0.25, 0.3) is 28.3 Å². The molecule has 7 rings (SSSR count). The van der Waals surface area contributed by atoms with Crippen LogP contribution in [0.5, 0.6) is 0 Å². The van der Waals surface area contributed by atoms with Crippen molar-refractivity contribution in [2.75, 3.05) is 69.5 Å². The molecule has 1 amide bonds. The number of halogens is 1. The lowest BCUT2D eigenvalue weighted by Crippen LogP contribution is -2.47. The van der Waals surface area contributed by atoms with Crippen LogP contribution in [0.4, 0.5) is 16.0 Å². The van der Waals surface area contributed by atoms with Crippen LogP contribution in [0.15, 0.2) is 47.2 Å². The summed E-state index contributed by atoms with van der Waals surface area (Å²) < 4.78 is 23.8. The van der Waals surface area contributed by atoms with Crippen LogP contribution in [0, 0.1) is 5.82 Å². The van der Waals surface area contributed by atoms with Crippen molar-refractivity contribution in [1.29, 1.82) is 0 Å². The van der Waals surface area contributed by atoms with Gasteiger partial charge in [-0.25, -0.2) is 14.1 Å². The summed E-state index contributed by atoms with van der Waals surface area (Å²) in [6.07, 6.45) is 3.30. The van der Waals surface area contributed by atoms with Crippen molar-refractivity contribution >= 4 is 34.2 Å². The number of piperazine rings is 2. The summed E-state index contributed by atoms with van der Waals surface area (Å²) in [6, 6.07) is 8.41. The van der Waals surface area contributed by atoms with E-state index in [0.717, 1.165) is 38.1 Å². The number of nitrogens with one attached hydrogen (secondary N) is 1. The number of fused-ring (bicyclic) bond motifs is 3. The molecular formula is C27H30FN11O2. The summed E-state index contributed by atoms with van der Waals surface area (Å²) in [4.78, 5) is 28.0. The highest BCUT2D eigenvalue weighted by Crippen LogP contribution is 2.25. The van der Waals surface area contributed by atoms with Crippen molar-refractivity contribution < 1.29 is 13.6 Å². The number of amides is 1. The maximum Gasteiger partial charge on any atom is 0.254 e. The number of furan rings is 1. The topological polar surface area (TPSA) is 139 Å². The zero-order valence-corrected chi connectivity index (χ0v) is 22.4. The number of rotatable bonds is 6. The first-order chi connectivity index (χ1) is 20.0. The predicted octanol–water partition coefficient (Wildman–Crippen LogP) is 1.32. The van der Waals surface area contributed by atoms with E-state index in [9.17, 15) is 4.79 Å². The number of hydrogen-bond acceptors (Lipinski definition) is 10. The lowest BCUT2D eigenvalue weighted by molar-refractivity contribution is 0.0735. The number of carbonyl (C=O) groups excluding carboxylic acids is 1. The third-order valence-corrected chi connectivity index (χ3v) is 7.78. The zero-order valence-electron chi connectivity index (χ0n) is 22.4. The summed E-state index contributed by atoms with van der Waals surface area (Å²) in [5, 5.41) is 13.0. The van der Waals surface area contributed by atoms with Gasteiger partial charge in [0.25, 0.3) is 5.91 Å². The SMILES string of the molecule is Nc1nc2c(cnn2CCN2CCN(c3ccc(C(=O)N4CCNCC4)cc3F)CC2)c2nc(-c3ccco3)nn12. The second-order valence-electron chi connectivity index (χ2n) is 10.3. The van der Waals surface area contributed by atoms with Crippen LogP contribution in [0.1, 0.15) is 10.4 Å². The molecule has 212 valence electrons. The standard InChI is InChI=1S/C27H30FN11O2/c28-20-16-18(26(40)37-7-5-30-6-8-37)3-4-21(20)36-12-9-35(10-13-36)11-14-38-24-19(17-31-38)25-32-23(22-2-1-15-41-22)34-39(25)27(29)33-24/h1-4,15-17,30H,5-14H2,(H2,29,33). The molecule has 0 aliphatic carbocycles. The average molecular weight is 560 g/mol. The second kappa shape index (κ2) is 10.4. The molecule has 4 aromatic heterocycles. The summed E-state index contributed by atoms with van der Waals surface area (Å²) >= 11 is 0. The molecule has 2 fully saturated rings. The van der Waals surface area contributed by atoms with Crippen molar-refractivity contribution in [3.63, 3.8) is 0 Å². The van der Waals surface area contributed by atoms with Gasteiger partial charge in [-0.3, -0.25) is 9.69 Å². The maximum absolute atomic E-state index is 15.1. The second-order valence-corrected chi connectivity index (χ2v) is 10.3. The number of carbonyl (C=O) groups is 1. The molecule has 0 saturated carbocycles. The third kappa shape index (κ3) is 4.74. The number of nitrogens with two attached hydrogens (primary N) is 1. The summed E-state index contributed by atoms with van der Waals surface area (Å²) in [5.74, 6) is 0.718. The van der Waals surface area contributed by atoms with Crippen LogP contribution in [0.2, 0.25) is 0 Å². The van der Waals surface area contributed by atoms with Crippen LogP contribution >= 0.6 is 0 Å². The molecule has 2 saturated heterocycles. The monoisotopic (exact) mass is 559 g/mol. The minimum atomic E-state index is -0.360. The zero-order chi connectivity index (χ0) is 27.9. The van der Waals surface area contributed by atoms with E-state index in [0.29, 0.717) is 66.9 Å². The highest BCUT2D eigenvalue weighted by molar-refractivity contribution is 5.94. The molecule has 1 aromatic carbocycles. The van der Waals surface area contributed by atoms with Crippen molar-refractivity contribution in [3.8, 4) is 11.6 Å². The molecule has 0 spiro atoms. The van der Waals surface area contributed by atoms with Gasteiger partial charge >= 0.3 is 0 Å². The van der Waals surface area contributed by atoms with E-state index < -0.39 is 0 Å². The molecule has 13 nitrogen and oxygen atoms in total. The highest BCUT2D eigenvalue weighted by atomic mass is 19.1. The Hall–Kier alpha value is -4.56. The third-order valence-electron chi connectivity index (χ3n) is 7.78. The van der Waals surface area contributed by atoms with E-state index in [2.05, 4.69) is 30.4 Å². The molecule has 0 radical (unpaired) electrons. The smallest absolute Gasteiger partial charge is 0.254 e. The lowest BCUT2D eigenvalue weighted by atomic mass is 10.1. The maximum atomic E-state index is 15.1. The molecule has 41 heavy (non-hydrogen) atoms. The Kier molecular flexibility index (Phi) is 6.47. The van der Waals surface area contributed by atoms with E-state index in [1.54, 1.807) is 41.6 Å². The van der Waals surface area contributed by atoms with Crippen molar-refractivity contribution in [2.45, 2.75) is 6.54 Å². The van der Waals surface area contributed by atoms with E-state index >= 15 is 4.39 Å². The molecule has 5 aromatic rings. The van der Waals surface area contributed by atoms with Gasteiger partial charge in [0, 0.05) is 64.5 Å². The minimum Gasteiger partial charge on any atom is -0.461 e. The number of hydrogen-bond donors (Lipinski definition) is 2. The van der Waals surface area contributed by atoms with Gasteiger partial charge in [-0.2, -0.15) is 14.6 Å². The molecule has 0 unspecified atom stereocenters.